The fourth-order valence-corrected chi connectivity index (χ4v) is 10.3. The molecule has 12 nitrogen and oxygen atoms in total. The zero-order valence-corrected chi connectivity index (χ0v) is 25.8. The molecule has 0 saturated carbocycles. The summed E-state index contributed by atoms with van der Waals surface area (Å²) in [6.07, 6.45) is -0.190. The molecule has 2 bridgehead atoms. The van der Waals surface area contributed by atoms with Crippen LogP contribution in [-0.2, 0) is 30.8 Å². The SMILES string of the molecule is CC(O)C1C(=O)N2C(C(=O)[O-])=C(CN3c4cccc5c(CC[N+]67CC[N+](CC(N)=O)(CC6)CC7)ccc(c45)S3(=O)=O)[C@H](C)C12. The number of fused-ring (bicyclic) bond motifs is 4. The summed E-state index contributed by atoms with van der Waals surface area (Å²) >= 11 is 0. The molecule has 0 radical (unpaired) electrons. The molecule has 2 amide bonds. The van der Waals surface area contributed by atoms with Gasteiger partial charge in [0.2, 0.25) is 5.91 Å². The minimum absolute atomic E-state index is 0.186. The van der Waals surface area contributed by atoms with Crippen molar-refractivity contribution in [1.29, 1.82) is 0 Å². The van der Waals surface area contributed by atoms with Gasteiger partial charge in [-0.25, -0.2) is 8.42 Å². The van der Waals surface area contributed by atoms with Crippen LogP contribution < -0.4 is 15.1 Å². The number of hydrogen-bond donors (Lipinski definition) is 2. The van der Waals surface area contributed by atoms with E-state index in [9.17, 15) is 33.0 Å². The van der Waals surface area contributed by atoms with Gasteiger partial charge in [-0.15, -0.1) is 0 Å². The Bertz CT molecular complexity index is 1750. The minimum atomic E-state index is -4.01. The van der Waals surface area contributed by atoms with Gasteiger partial charge < -0.3 is 34.6 Å². The van der Waals surface area contributed by atoms with Gasteiger partial charge in [0.05, 0.1) is 53.4 Å². The number of β-lactam (4-membered cyclic amide) rings is 1. The molecule has 13 heteroatoms. The zero-order valence-electron chi connectivity index (χ0n) is 24.9. The van der Waals surface area contributed by atoms with Crippen LogP contribution in [0.25, 0.3) is 10.8 Å². The number of carboxylic acids is 1. The van der Waals surface area contributed by atoms with Crippen molar-refractivity contribution >= 4 is 44.3 Å². The van der Waals surface area contributed by atoms with Crippen LogP contribution in [0.4, 0.5) is 5.69 Å². The Kier molecular flexibility index (Phi) is 6.46. The highest BCUT2D eigenvalue weighted by Gasteiger charge is 2.59. The number of benzene rings is 2. The summed E-state index contributed by atoms with van der Waals surface area (Å²) in [7, 11) is -4.01. The standard InChI is InChI=1S/C31H37N5O7S/c1-18-22(29(31(40)41)34-28(18)26(19(2)37)30(34)39)16-33-23-5-3-4-21-20(6-7-24(27(21)23)44(33,42)43)8-9-35-10-13-36(14-11-35,15-12-35)17-25(32)38/h3-7,18-19,26,28,37H,8-17H2,1-2H3,(H-2,32,38,40,41)/p+1/t18-,19?,26?,28?,35?,36?/m0/s1. The third-order valence-electron chi connectivity index (χ3n) is 11.2. The molecule has 6 heterocycles. The van der Waals surface area contributed by atoms with Gasteiger partial charge >= 0.3 is 0 Å². The number of primary amides is 1. The number of hydrogen-bond acceptors (Lipinski definition) is 7. The molecule has 2 aromatic rings. The van der Waals surface area contributed by atoms with E-state index in [2.05, 4.69) is 0 Å². The Morgan fingerprint density at radius 2 is 1.75 bits per heavy atom. The Morgan fingerprint density at radius 1 is 1.09 bits per heavy atom. The number of nitrogens with zero attached hydrogens (tertiary/aromatic N) is 4. The van der Waals surface area contributed by atoms with Crippen LogP contribution in [0.3, 0.4) is 0 Å². The van der Waals surface area contributed by atoms with E-state index in [0.29, 0.717) is 23.2 Å². The molecule has 0 aliphatic carbocycles. The van der Waals surface area contributed by atoms with E-state index in [1.54, 1.807) is 19.1 Å². The first-order valence-corrected chi connectivity index (χ1v) is 16.7. The maximum Gasteiger partial charge on any atom is 0.272 e. The molecule has 4 atom stereocenters. The number of amides is 2. The number of rotatable bonds is 9. The van der Waals surface area contributed by atoms with E-state index in [0.717, 1.165) is 77.0 Å². The first kappa shape index (κ1) is 29.2. The lowest BCUT2D eigenvalue weighted by Gasteiger charge is -2.55. The number of carbonyl (C=O) groups excluding carboxylic acids is 3. The fourth-order valence-electron chi connectivity index (χ4n) is 8.68. The zero-order chi connectivity index (χ0) is 31.3. The molecular weight excluding hydrogens is 586 g/mol. The summed E-state index contributed by atoms with van der Waals surface area (Å²) in [4.78, 5) is 38.0. The van der Waals surface area contributed by atoms with Crippen molar-refractivity contribution in [2.24, 2.45) is 17.6 Å². The van der Waals surface area contributed by atoms with Crippen molar-refractivity contribution in [2.75, 3.05) is 63.2 Å². The molecule has 44 heavy (non-hydrogen) atoms. The molecule has 3 N–H and O–H groups in total. The normalized spacial score (nSPS) is 32.2. The fraction of sp³-hybridized carbons (Fsp3) is 0.516. The lowest BCUT2D eigenvalue weighted by Crippen LogP contribution is -2.76. The Balaban J connectivity index is 1.18. The molecule has 4 fully saturated rings. The van der Waals surface area contributed by atoms with Crippen molar-refractivity contribution < 1.29 is 42.0 Å². The Labute approximate surface area is 256 Å². The number of piperazine rings is 3. The monoisotopic (exact) mass is 624 g/mol. The van der Waals surface area contributed by atoms with Gasteiger partial charge in [-0.2, -0.15) is 0 Å². The topological polar surface area (TPSA) is 161 Å². The number of aliphatic hydroxyl groups excluding tert-OH is 1. The van der Waals surface area contributed by atoms with E-state index in [-0.39, 0.29) is 23.0 Å². The minimum Gasteiger partial charge on any atom is -0.543 e. The van der Waals surface area contributed by atoms with Crippen LogP contribution in [0.5, 0.6) is 0 Å². The summed E-state index contributed by atoms with van der Waals surface area (Å²) in [5.74, 6) is -3.50. The average molecular weight is 625 g/mol. The molecule has 4 saturated heterocycles. The average Bonchev–Trinajstić information content (AvgIpc) is 3.34. The quantitative estimate of drug-likeness (QED) is 0.264. The van der Waals surface area contributed by atoms with E-state index >= 15 is 0 Å². The van der Waals surface area contributed by atoms with Gasteiger partial charge in [-0.1, -0.05) is 25.1 Å². The van der Waals surface area contributed by atoms with Crippen LogP contribution in [0.1, 0.15) is 19.4 Å². The first-order valence-electron chi connectivity index (χ1n) is 15.3. The number of carbonyl (C=O) groups is 3. The van der Waals surface area contributed by atoms with E-state index in [1.165, 1.54) is 11.2 Å². The summed E-state index contributed by atoms with van der Waals surface area (Å²) in [5, 5.41) is 23.9. The molecule has 8 rings (SSSR count). The largest absolute Gasteiger partial charge is 0.543 e. The van der Waals surface area contributed by atoms with Gasteiger partial charge in [0.1, 0.15) is 39.3 Å². The highest BCUT2D eigenvalue weighted by molar-refractivity contribution is 7.93. The molecule has 2 aromatic carbocycles. The molecule has 0 aromatic heterocycles. The maximum absolute atomic E-state index is 14.0. The van der Waals surface area contributed by atoms with Crippen molar-refractivity contribution in [1.82, 2.24) is 4.90 Å². The first-order chi connectivity index (χ1) is 20.8. The molecule has 6 aliphatic rings. The summed E-state index contributed by atoms with van der Waals surface area (Å²) in [6, 6.07) is 8.51. The second-order valence-corrected chi connectivity index (χ2v) is 15.3. The molecular formula is C31H38N5O7S+. The van der Waals surface area contributed by atoms with Crippen LogP contribution in [0, 0.1) is 11.8 Å². The van der Waals surface area contributed by atoms with Gasteiger partial charge in [0.15, 0.2) is 6.54 Å². The van der Waals surface area contributed by atoms with Crippen LogP contribution in [-0.4, -0.2) is 116 Å². The Hall–Kier alpha value is -3.52. The number of aliphatic hydroxyl groups is 1. The predicted molar refractivity (Wildman–Crippen MR) is 158 cm³/mol. The molecule has 6 aliphatic heterocycles. The van der Waals surface area contributed by atoms with Crippen LogP contribution in [0.15, 0.2) is 46.5 Å². The summed E-state index contributed by atoms with van der Waals surface area (Å²) in [6.45, 7) is 10.1. The lowest BCUT2D eigenvalue weighted by molar-refractivity contribution is -1.08. The van der Waals surface area contributed by atoms with Crippen LogP contribution in [0.2, 0.25) is 0 Å². The van der Waals surface area contributed by atoms with Crippen LogP contribution >= 0.6 is 0 Å². The lowest BCUT2D eigenvalue weighted by atomic mass is 9.78. The summed E-state index contributed by atoms with van der Waals surface area (Å²) < 4.78 is 30.9. The third-order valence-corrected chi connectivity index (χ3v) is 13.0. The number of quaternary nitrogens is 2. The maximum atomic E-state index is 14.0. The third kappa shape index (κ3) is 4.05. The van der Waals surface area contributed by atoms with Gasteiger partial charge in [0, 0.05) is 17.7 Å². The molecule has 234 valence electrons. The molecule has 3 unspecified atom stereocenters. The number of anilines is 1. The van der Waals surface area contributed by atoms with Crippen molar-refractivity contribution in [3.63, 3.8) is 0 Å². The highest BCUT2D eigenvalue weighted by Crippen LogP contribution is 2.49. The predicted octanol–water partition coefficient (Wildman–Crippen LogP) is -1.10. The Morgan fingerprint density at radius 3 is 2.36 bits per heavy atom. The highest BCUT2D eigenvalue weighted by atomic mass is 32.2. The van der Waals surface area contributed by atoms with Gasteiger partial charge in [-0.05, 0) is 35.6 Å². The number of carboxylic acid groups (broad SMARTS) is 1. The number of sulfonamides is 1. The van der Waals surface area contributed by atoms with Crippen molar-refractivity contribution in [3.8, 4) is 0 Å². The second-order valence-electron chi connectivity index (χ2n) is 13.5. The van der Waals surface area contributed by atoms with E-state index in [1.807, 2.05) is 18.2 Å². The van der Waals surface area contributed by atoms with Gasteiger partial charge in [-0.3, -0.25) is 13.9 Å². The van der Waals surface area contributed by atoms with Gasteiger partial charge in [0.25, 0.3) is 15.9 Å². The van der Waals surface area contributed by atoms with E-state index < -0.39 is 45.9 Å². The second kappa shape index (κ2) is 9.74. The smallest absolute Gasteiger partial charge is 0.272 e. The number of aliphatic carboxylic acids is 1. The summed E-state index contributed by atoms with van der Waals surface area (Å²) in [5.41, 5.74) is 7.08. The van der Waals surface area contributed by atoms with E-state index in [4.69, 9.17) is 5.73 Å². The molecule has 0 spiro atoms. The van der Waals surface area contributed by atoms with Crippen molar-refractivity contribution in [3.05, 3.63) is 47.2 Å². The van der Waals surface area contributed by atoms with Crippen molar-refractivity contribution in [2.45, 2.75) is 37.3 Å². The number of nitrogens with two attached hydrogens (primary N) is 1.